The van der Waals surface area contributed by atoms with Gasteiger partial charge in [0.15, 0.2) is 0 Å². The molecule has 2 aliphatic heterocycles. The number of aliphatic hydroxyl groups excluding tert-OH is 7. The molecule has 0 aromatic heterocycles. The first kappa shape index (κ1) is 17.9. The van der Waals surface area contributed by atoms with Crippen molar-refractivity contribution in [3.05, 3.63) is 0 Å². The van der Waals surface area contributed by atoms with E-state index in [4.69, 9.17) is 14.6 Å². The van der Waals surface area contributed by atoms with Crippen LogP contribution in [0, 0.1) is 0 Å². The Morgan fingerprint density at radius 2 is 1.45 bits per heavy atom. The third kappa shape index (κ3) is 2.53. The first-order chi connectivity index (χ1) is 10.1. The number of ether oxygens (including phenoxy) is 2. The highest BCUT2D eigenvalue weighted by molar-refractivity contribution is 5.05. The highest BCUT2D eigenvalue weighted by Gasteiger charge is 2.63. The van der Waals surface area contributed by atoms with E-state index in [9.17, 15) is 40.9 Å². The van der Waals surface area contributed by atoms with Crippen LogP contribution in [0.4, 0.5) is 0 Å². The van der Waals surface area contributed by atoms with Crippen LogP contribution in [0.1, 0.15) is 0 Å². The smallest absolute Gasteiger partial charge is 0.224 e. The van der Waals surface area contributed by atoms with Crippen LogP contribution in [0.2, 0.25) is 0 Å². The molecule has 2 rings (SSSR count). The third-order valence-electron chi connectivity index (χ3n) is 4.04. The van der Waals surface area contributed by atoms with Gasteiger partial charge in [0, 0.05) is 0 Å². The Morgan fingerprint density at radius 1 is 0.864 bits per heavy atom. The maximum Gasteiger partial charge on any atom is 0.224 e. The summed E-state index contributed by atoms with van der Waals surface area (Å²) < 4.78 is 9.65. The molecular formula is C11H20O11. The molecule has 2 unspecified atom stereocenters. The molecule has 0 aliphatic carbocycles. The second-order valence-electron chi connectivity index (χ2n) is 5.53. The summed E-state index contributed by atoms with van der Waals surface area (Å²) in [4.78, 5) is 0. The Kier molecular flexibility index (Phi) is 4.79. The van der Waals surface area contributed by atoms with E-state index in [2.05, 4.69) is 0 Å². The molecule has 2 saturated heterocycles. The number of hydrogen-bond donors (Lipinski definition) is 9. The van der Waals surface area contributed by atoms with Crippen LogP contribution in [-0.2, 0) is 9.47 Å². The van der Waals surface area contributed by atoms with Gasteiger partial charge in [0.2, 0.25) is 11.6 Å². The minimum absolute atomic E-state index is 0.641. The van der Waals surface area contributed by atoms with Crippen LogP contribution in [0.15, 0.2) is 0 Å². The predicted molar refractivity (Wildman–Crippen MR) is 63.9 cm³/mol. The quantitative estimate of drug-likeness (QED) is 0.233. The molecule has 0 amide bonds. The molecule has 0 aromatic rings. The highest BCUT2D eigenvalue weighted by atomic mass is 16.7. The van der Waals surface area contributed by atoms with E-state index in [0.29, 0.717) is 0 Å². The van der Waals surface area contributed by atoms with Crippen molar-refractivity contribution in [2.45, 2.75) is 54.3 Å². The minimum atomic E-state index is -2.82. The van der Waals surface area contributed by atoms with E-state index in [1.165, 1.54) is 0 Å². The summed E-state index contributed by atoms with van der Waals surface area (Å²) in [6.45, 7) is -1.84. The van der Waals surface area contributed by atoms with Gasteiger partial charge in [0.1, 0.15) is 42.7 Å². The molecule has 0 radical (unpaired) electrons. The summed E-state index contributed by atoms with van der Waals surface area (Å²) in [6.07, 6.45) is -13.8. The fraction of sp³-hybridized carbons (Fsp3) is 1.00. The molecule has 0 spiro atoms. The zero-order chi connectivity index (χ0) is 16.9. The second kappa shape index (κ2) is 5.89. The summed E-state index contributed by atoms with van der Waals surface area (Å²) in [7, 11) is 0. The van der Waals surface area contributed by atoms with Gasteiger partial charge in [0.25, 0.3) is 0 Å². The largest absolute Gasteiger partial charge is 0.391 e. The van der Waals surface area contributed by atoms with E-state index < -0.39 is 67.5 Å². The van der Waals surface area contributed by atoms with Gasteiger partial charge in [-0.05, 0) is 0 Å². The van der Waals surface area contributed by atoms with Crippen LogP contribution in [0.3, 0.4) is 0 Å². The fourth-order valence-electron chi connectivity index (χ4n) is 2.56. The Morgan fingerprint density at radius 3 is 2.00 bits per heavy atom. The van der Waals surface area contributed by atoms with E-state index in [-0.39, 0.29) is 0 Å². The van der Waals surface area contributed by atoms with Crippen molar-refractivity contribution in [2.75, 3.05) is 13.2 Å². The number of hydrogen-bond acceptors (Lipinski definition) is 11. The molecule has 130 valence electrons. The molecule has 0 bridgehead atoms. The lowest BCUT2D eigenvalue weighted by atomic mass is 9.84. The van der Waals surface area contributed by atoms with Crippen molar-refractivity contribution in [3.63, 3.8) is 0 Å². The maximum atomic E-state index is 10.3. The van der Waals surface area contributed by atoms with Crippen molar-refractivity contribution < 1.29 is 55.4 Å². The normalized spacial score (nSPS) is 56.9. The molecule has 0 aromatic carbocycles. The molecule has 9 N–H and O–H groups in total. The van der Waals surface area contributed by atoms with Gasteiger partial charge in [-0.1, -0.05) is 0 Å². The molecule has 11 nitrogen and oxygen atoms in total. The molecule has 2 aliphatic rings. The summed E-state index contributed by atoms with van der Waals surface area (Å²) >= 11 is 0. The lowest BCUT2D eigenvalue weighted by Crippen LogP contribution is -2.75. The van der Waals surface area contributed by atoms with Gasteiger partial charge in [-0.3, -0.25) is 0 Å². The van der Waals surface area contributed by atoms with Gasteiger partial charge in [-0.25, -0.2) is 0 Å². The average molecular weight is 328 g/mol. The lowest BCUT2D eigenvalue weighted by Gasteiger charge is -2.52. The fourth-order valence-corrected chi connectivity index (χ4v) is 2.56. The van der Waals surface area contributed by atoms with E-state index in [0.717, 1.165) is 0 Å². The summed E-state index contributed by atoms with van der Waals surface area (Å²) in [5.74, 6) is -5.56. The Balaban J connectivity index is 2.33. The Bertz CT molecular complexity index is 407. The van der Waals surface area contributed by atoms with Crippen molar-refractivity contribution in [3.8, 4) is 0 Å². The highest BCUT2D eigenvalue weighted by Crippen LogP contribution is 2.38. The summed E-state index contributed by atoms with van der Waals surface area (Å²) in [5.41, 5.74) is 0. The monoisotopic (exact) mass is 328 g/mol. The first-order valence-corrected chi connectivity index (χ1v) is 6.54. The van der Waals surface area contributed by atoms with E-state index >= 15 is 0 Å². The Labute approximate surface area is 124 Å². The average Bonchev–Trinajstić information content (AvgIpc) is 2.50. The SMILES string of the molecule is OC[C@]1(O)OC(C2(O)OC[C@@H](O)[C@H](O)[C@H]2O)[C@@H](O)[C@@H](O)[C@@H]1O. The molecule has 2 heterocycles. The van der Waals surface area contributed by atoms with Crippen molar-refractivity contribution in [1.29, 1.82) is 0 Å². The first-order valence-electron chi connectivity index (χ1n) is 6.54. The zero-order valence-electron chi connectivity index (χ0n) is 11.3. The van der Waals surface area contributed by atoms with Gasteiger partial charge in [0.05, 0.1) is 13.2 Å². The lowest BCUT2D eigenvalue weighted by molar-refractivity contribution is -0.431. The maximum absolute atomic E-state index is 10.3. The van der Waals surface area contributed by atoms with Crippen LogP contribution in [0.25, 0.3) is 0 Å². The minimum Gasteiger partial charge on any atom is -0.391 e. The zero-order valence-corrected chi connectivity index (χ0v) is 11.3. The van der Waals surface area contributed by atoms with Crippen LogP contribution in [0.5, 0.6) is 0 Å². The van der Waals surface area contributed by atoms with E-state index in [1.807, 2.05) is 0 Å². The van der Waals surface area contributed by atoms with Crippen LogP contribution < -0.4 is 0 Å². The third-order valence-corrected chi connectivity index (χ3v) is 4.04. The van der Waals surface area contributed by atoms with E-state index in [1.54, 1.807) is 0 Å². The van der Waals surface area contributed by atoms with Crippen molar-refractivity contribution >= 4 is 0 Å². The molecule has 0 saturated carbocycles. The van der Waals surface area contributed by atoms with Gasteiger partial charge >= 0.3 is 0 Å². The van der Waals surface area contributed by atoms with Gasteiger partial charge in [-0.15, -0.1) is 0 Å². The molecular weight excluding hydrogens is 308 g/mol. The van der Waals surface area contributed by atoms with Gasteiger partial charge in [-0.2, -0.15) is 0 Å². The van der Waals surface area contributed by atoms with Crippen LogP contribution in [-0.4, -0.2) is 113 Å². The molecule has 11 heteroatoms. The van der Waals surface area contributed by atoms with Crippen molar-refractivity contribution in [2.24, 2.45) is 0 Å². The topological polar surface area (TPSA) is 201 Å². The Hall–Kier alpha value is -0.440. The summed E-state index contributed by atoms with van der Waals surface area (Å²) in [6, 6.07) is 0. The molecule has 22 heavy (non-hydrogen) atoms. The standard InChI is InChI=1S/C11H20O11/c12-2-10(19)7(17)5(15)6(16)9(22-10)11(20)8(18)4(14)3(13)1-21-11/h3-9,12-20H,1-2H2/t3-,4+,5-,6+,7+,8-,9?,10+,11?/m1/s1. The predicted octanol–water partition coefficient (Wildman–Crippen LogP) is -6.05. The second-order valence-corrected chi connectivity index (χ2v) is 5.53. The molecule has 9 atom stereocenters. The number of rotatable bonds is 2. The summed E-state index contributed by atoms with van der Waals surface area (Å²) in [5, 5.41) is 87.4. The van der Waals surface area contributed by atoms with Crippen LogP contribution >= 0.6 is 0 Å². The molecule has 2 fully saturated rings. The van der Waals surface area contributed by atoms with Crippen molar-refractivity contribution in [1.82, 2.24) is 0 Å². The number of aliphatic hydroxyl groups is 9. The van der Waals surface area contributed by atoms with Gasteiger partial charge < -0.3 is 55.4 Å².